The van der Waals surface area contributed by atoms with E-state index in [1.165, 1.54) is 0 Å². The maximum Gasteiger partial charge on any atom is 0.373 e. The fourth-order valence-electron chi connectivity index (χ4n) is 1.49. The van der Waals surface area contributed by atoms with Crippen LogP contribution in [0.25, 0.3) is 6.08 Å². The Bertz CT molecular complexity index is 440. The second-order valence-corrected chi connectivity index (χ2v) is 4.56. The Morgan fingerprint density at radius 2 is 1.80 bits per heavy atom. The molecule has 0 amide bonds. The van der Waals surface area contributed by atoms with E-state index in [0.717, 1.165) is 16.6 Å². The molecule has 0 aliphatic carbocycles. The highest BCUT2D eigenvalue weighted by molar-refractivity contribution is 9.09. The molecule has 0 saturated heterocycles. The van der Waals surface area contributed by atoms with Crippen molar-refractivity contribution >= 4 is 28.0 Å². The van der Waals surface area contributed by atoms with Crippen LogP contribution in [0.2, 0.25) is 0 Å². The Kier molecular flexibility index (Phi) is 7.80. The second kappa shape index (κ2) is 9.42. The third kappa shape index (κ3) is 5.65. The molecule has 1 aromatic rings. The van der Waals surface area contributed by atoms with Crippen LogP contribution < -0.4 is 4.74 Å². The van der Waals surface area contributed by atoms with E-state index in [9.17, 15) is 4.79 Å². The van der Waals surface area contributed by atoms with Crippen LogP contribution in [0.15, 0.2) is 30.0 Å². The number of rotatable bonds is 8. The van der Waals surface area contributed by atoms with Crippen molar-refractivity contribution in [1.82, 2.24) is 0 Å². The number of carbonyl (C=O) groups is 1. The molecule has 0 spiro atoms. The molecule has 1 rings (SSSR count). The minimum Gasteiger partial charge on any atom is -0.493 e. The van der Waals surface area contributed by atoms with Crippen LogP contribution in [0, 0.1) is 0 Å². The van der Waals surface area contributed by atoms with E-state index in [-0.39, 0.29) is 5.76 Å². The summed E-state index contributed by atoms with van der Waals surface area (Å²) in [7, 11) is 0. The first-order valence-electron chi connectivity index (χ1n) is 6.51. The van der Waals surface area contributed by atoms with Gasteiger partial charge in [0.25, 0.3) is 0 Å². The highest BCUT2D eigenvalue weighted by Gasteiger charge is 2.11. The predicted octanol–water partition coefficient (Wildman–Crippen LogP) is 3.40. The maximum absolute atomic E-state index is 11.7. The lowest BCUT2D eigenvalue weighted by atomic mass is 10.2. The van der Waals surface area contributed by atoms with Gasteiger partial charge in [0.05, 0.1) is 19.8 Å². The first-order chi connectivity index (χ1) is 9.71. The number of esters is 1. The Balaban J connectivity index is 2.79. The fraction of sp³-hybridized carbons (Fsp3) is 0.400. The molecule has 1 aromatic carbocycles. The molecule has 110 valence electrons. The average molecular weight is 343 g/mol. The quantitative estimate of drug-likeness (QED) is 0.314. The molecule has 0 N–H and O–H groups in total. The summed E-state index contributed by atoms with van der Waals surface area (Å²) in [4.78, 5) is 11.7. The van der Waals surface area contributed by atoms with Crippen molar-refractivity contribution in [3.05, 3.63) is 35.6 Å². The smallest absolute Gasteiger partial charge is 0.373 e. The molecule has 0 bridgehead atoms. The van der Waals surface area contributed by atoms with E-state index in [0.29, 0.717) is 19.8 Å². The summed E-state index contributed by atoms with van der Waals surface area (Å²) in [5.41, 5.74) is 0.854. The minimum atomic E-state index is -0.450. The number of hydrogen-bond acceptors (Lipinski definition) is 4. The summed E-state index contributed by atoms with van der Waals surface area (Å²) in [5.74, 6) is 0.549. The number of alkyl halides is 1. The van der Waals surface area contributed by atoms with Crippen molar-refractivity contribution in [2.75, 3.05) is 25.2 Å². The molecule has 0 aromatic heterocycles. The van der Waals surface area contributed by atoms with Crippen LogP contribution in [0.5, 0.6) is 5.75 Å². The summed E-state index contributed by atoms with van der Waals surface area (Å²) in [6, 6.07) is 7.43. The molecule has 0 heterocycles. The summed E-state index contributed by atoms with van der Waals surface area (Å²) in [5, 5.41) is 0.784. The minimum absolute atomic E-state index is 0.212. The zero-order valence-corrected chi connectivity index (χ0v) is 13.3. The highest BCUT2D eigenvalue weighted by atomic mass is 79.9. The van der Waals surface area contributed by atoms with Gasteiger partial charge in [-0.2, -0.15) is 0 Å². The first kappa shape index (κ1) is 16.6. The Morgan fingerprint density at radius 1 is 1.15 bits per heavy atom. The standard InChI is InChI=1S/C15H19BrO4/c1-3-18-14(15(17)19-4-2)11-12-5-7-13(8-6-12)20-10-9-16/h5-8,11H,3-4,9-10H2,1-2H3/b14-11+. The van der Waals surface area contributed by atoms with Gasteiger partial charge in [-0.1, -0.05) is 28.1 Å². The van der Waals surface area contributed by atoms with Gasteiger partial charge in [-0.3, -0.25) is 0 Å². The lowest BCUT2D eigenvalue weighted by Crippen LogP contribution is -2.10. The van der Waals surface area contributed by atoms with E-state index in [4.69, 9.17) is 14.2 Å². The van der Waals surface area contributed by atoms with E-state index >= 15 is 0 Å². The summed E-state index contributed by atoms with van der Waals surface area (Å²) < 4.78 is 15.7. The molecule has 0 atom stereocenters. The fourth-order valence-corrected chi connectivity index (χ4v) is 1.65. The summed E-state index contributed by atoms with van der Waals surface area (Å²) in [6.07, 6.45) is 1.66. The van der Waals surface area contributed by atoms with Crippen LogP contribution >= 0.6 is 15.9 Å². The van der Waals surface area contributed by atoms with Gasteiger partial charge in [-0.25, -0.2) is 4.79 Å². The third-order valence-electron chi connectivity index (χ3n) is 2.30. The van der Waals surface area contributed by atoms with Gasteiger partial charge in [-0.15, -0.1) is 0 Å². The number of carbonyl (C=O) groups excluding carboxylic acids is 1. The molecule has 0 saturated carbocycles. The monoisotopic (exact) mass is 342 g/mol. The molecular weight excluding hydrogens is 324 g/mol. The number of ether oxygens (including phenoxy) is 3. The van der Waals surface area contributed by atoms with Crippen molar-refractivity contribution in [3.63, 3.8) is 0 Å². The van der Waals surface area contributed by atoms with Gasteiger partial charge in [0.2, 0.25) is 5.76 Å². The Labute approximate surface area is 127 Å². The number of hydrogen-bond donors (Lipinski definition) is 0. The molecule has 0 aliphatic rings. The Hall–Kier alpha value is -1.49. The predicted molar refractivity (Wildman–Crippen MR) is 82.0 cm³/mol. The maximum atomic E-state index is 11.7. The summed E-state index contributed by atoms with van der Waals surface area (Å²) >= 11 is 3.30. The molecule has 0 aliphatic heterocycles. The van der Waals surface area contributed by atoms with E-state index in [2.05, 4.69) is 15.9 Å². The number of benzene rings is 1. The van der Waals surface area contributed by atoms with Crippen LogP contribution in [0.1, 0.15) is 19.4 Å². The first-order valence-corrected chi connectivity index (χ1v) is 7.63. The molecule has 0 unspecified atom stereocenters. The van der Waals surface area contributed by atoms with Gasteiger partial charge in [0, 0.05) is 5.33 Å². The zero-order chi connectivity index (χ0) is 14.8. The molecule has 0 radical (unpaired) electrons. The van der Waals surface area contributed by atoms with Gasteiger partial charge < -0.3 is 14.2 Å². The number of halogens is 1. The van der Waals surface area contributed by atoms with Crippen LogP contribution in [0.3, 0.4) is 0 Å². The molecule has 20 heavy (non-hydrogen) atoms. The molecular formula is C15H19BrO4. The molecule has 4 nitrogen and oxygen atoms in total. The largest absolute Gasteiger partial charge is 0.493 e. The van der Waals surface area contributed by atoms with Crippen LogP contribution in [-0.4, -0.2) is 31.1 Å². The van der Waals surface area contributed by atoms with E-state index < -0.39 is 5.97 Å². The lowest BCUT2D eigenvalue weighted by molar-refractivity contribution is -0.142. The third-order valence-corrected chi connectivity index (χ3v) is 2.62. The Morgan fingerprint density at radius 3 is 2.35 bits per heavy atom. The normalized spacial score (nSPS) is 11.1. The van der Waals surface area contributed by atoms with Crippen LogP contribution in [0.4, 0.5) is 0 Å². The summed E-state index contributed by atoms with van der Waals surface area (Å²) in [6.45, 7) is 4.93. The van der Waals surface area contributed by atoms with E-state index in [1.54, 1.807) is 13.0 Å². The van der Waals surface area contributed by atoms with Crippen molar-refractivity contribution in [3.8, 4) is 5.75 Å². The van der Waals surface area contributed by atoms with Gasteiger partial charge >= 0.3 is 5.97 Å². The van der Waals surface area contributed by atoms with Crippen molar-refractivity contribution in [2.24, 2.45) is 0 Å². The topological polar surface area (TPSA) is 44.8 Å². The SMILES string of the molecule is CCOC(=O)/C(=C\c1ccc(OCCBr)cc1)OCC. The zero-order valence-electron chi connectivity index (χ0n) is 11.7. The molecule has 0 fully saturated rings. The highest BCUT2D eigenvalue weighted by Crippen LogP contribution is 2.15. The lowest BCUT2D eigenvalue weighted by Gasteiger charge is -2.08. The van der Waals surface area contributed by atoms with Gasteiger partial charge in [0.1, 0.15) is 5.75 Å². The van der Waals surface area contributed by atoms with Crippen molar-refractivity contribution in [2.45, 2.75) is 13.8 Å². The van der Waals surface area contributed by atoms with Crippen molar-refractivity contribution < 1.29 is 19.0 Å². The second-order valence-electron chi connectivity index (χ2n) is 3.77. The van der Waals surface area contributed by atoms with Crippen molar-refractivity contribution in [1.29, 1.82) is 0 Å². The van der Waals surface area contributed by atoms with Gasteiger partial charge in [-0.05, 0) is 37.6 Å². The average Bonchev–Trinajstić information content (AvgIpc) is 2.46. The van der Waals surface area contributed by atoms with Gasteiger partial charge in [0.15, 0.2) is 0 Å². The molecule has 5 heteroatoms. The van der Waals surface area contributed by atoms with E-state index in [1.807, 2.05) is 31.2 Å². The van der Waals surface area contributed by atoms with Crippen LogP contribution in [-0.2, 0) is 14.3 Å².